The van der Waals surface area contributed by atoms with E-state index in [0.29, 0.717) is 19.3 Å². The highest BCUT2D eigenvalue weighted by Crippen LogP contribution is 2.56. The van der Waals surface area contributed by atoms with E-state index < -0.39 is 108 Å². The van der Waals surface area contributed by atoms with E-state index in [2.05, 4.69) is 0 Å². The van der Waals surface area contributed by atoms with Crippen molar-refractivity contribution in [3.8, 4) is 0 Å². The Balaban J connectivity index is 1.16. The highest BCUT2D eigenvalue weighted by Gasteiger charge is 2.61. The summed E-state index contributed by atoms with van der Waals surface area (Å²) in [7, 11) is 1.48. The number of aliphatic hydroxyl groups excluding tert-OH is 4. The zero-order valence-corrected chi connectivity index (χ0v) is 33.7. The third kappa shape index (κ3) is 8.53. The number of hydrogen-bond donors (Lipinski definition) is 5. The molecule has 2 saturated carbocycles. The van der Waals surface area contributed by atoms with Crippen molar-refractivity contribution in [1.82, 2.24) is 0 Å². The molecule has 58 heavy (non-hydrogen) atoms. The van der Waals surface area contributed by atoms with Crippen LogP contribution >= 0.6 is 0 Å². The number of fused-ring (bicyclic) bond motifs is 1. The highest BCUT2D eigenvalue weighted by molar-refractivity contribution is 5.97. The number of ketones is 3. The van der Waals surface area contributed by atoms with Gasteiger partial charge < -0.3 is 54.0 Å². The van der Waals surface area contributed by atoms with Crippen LogP contribution in [0, 0.1) is 22.7 Å². The third-order valence-corrected chi connectivity index (χ3v) is 13.6. The molecule has 5 N–H and O–H groups in total. The zero-order chi connectivity index (χ0) is 42.2. The fraction of sp³-hybridized carbons (Fsp3) is 0.674. The van der Waals surface area contributed by atoms with Crippen LogP contribution in [0.1, 0.15) is 78.2 Å². The number of allylic oxidation sites excluding steroid dienone is 1. The van der Waals surface area contributed by atoms with E-state index in [1.807, 2.05) is 37.3 Å². The predicted molar refractivity (Wildman–Crippen MR) is 204 cm³/mol. The van der Waals surface area contributed by atoms with Crippen LogP contribution in [-0.2, 0) is 47.6 Å². The summed E-state index contributed by atoms with van der Waals surface area (Å²) in [5, 5.41) is 53.0. The molecule has 2 aliphatic heterocycles. The first kappa shape index (κ1) is 44.3. The molecular weight excluding hydrogens is 756 g/mol. The summed E-state index contributed by atoms with van der Waals surface area (Å²) in [6, 6.07) is 9.14. The van der Waals surface area contributed by atoms with Gasteiger partial charge in [-0.05, 0) is 70.2 Å². The lowest BCUT2D eigenvalue weighted by Gasteiger charge is -2.55. The van der Waals surface area contributed by atoms with Crippen molar-refractivity contribution in [2.75, 3.05) is 13.7 Å². The summed E-state index contributed by atoms with van der Waals surface area (Å²) in [5.41, 5.74) is -3.23. The molecule has 0 unspecified atom stereocenters. The normalized spacial score (nSPS) is 42.3. The summed E-state index contributed by atoms with van der Waals surface area (Å²) in [4.78, 5) is 53.8. The van der Waals surface area contributed by atoms with Crippen LogP contribution < -0.4 is 0 Å². The fourth-order valence-corrected chi connectivity index (χ4v) is 9.91. The van der Waals surface area contributed by atoms with Gasteiger partial charge in [0.1, 0.15) is 48.2 Å². The molecule has 16 atom stereocenters. The average Bonchev–Trinajstić information content (AvgIpc) is 3.51. The molecule has 6 rings (SSSR count). The number of hydrogen-bond acceptors (Lipinski definition) is 15. The number of carbonyl (C=O) groups is 4. The van der Waals surface area contributed by atoms with Crippen molar-refractivity contribution in [1.29, 1.82) is 0 Å². The molecule has 0 bridgehead atoms. The first-order valence-corrected chi connectivity index (χ1v) is 20.2. The molecule has 2 saturated heterocycles. The van der Waals surface area contributed by atoms with Gasteiger partial charge in [0.2, 0.25) is 0 Å². The number of rotatable bonds is 13. The monoisotopic (exact) mass is 814 g/mol. The van der Waals surface area contributed by atoms with E-state index in [0.717, 1.165) is 5.56 Å². The maximum absolute atomic E-state index is 13.9. The first-order valence-electron chi connectivity index (χ1n) is 20.2. The molecule has 3 aliphatic carbocycles. The molecule has 320 valence electrons. The van der Waals surface area contributed by atoms with Crippen LogP contribution in [0.5, 0.6) is 0 Å². The topological polar surface area (TPSA) is 225 Å². The van der Waals surface area contributed by atoms with E-state index >= 15 is 0 Å². The van der Waals surface area contributed by atoms with Gasteiger partial charge in [0.15, 0.2) is 18.4 Å². The molecule has 1 aromatic carbocycles. The van der Waals surface area contributed by atoms with Crippen molar-refractivity contribution in [2.24, 2.45) is 22.7 Å². The van der Waals surface area contributed by atoms with Crippen molar-refractivity contribution >= 4 is 29.4 Å². The average molecular weight is 815 g/mol. The zero-order valence-electron chi connectivity index (χ0n) is 33.7. The Bertz CT molecular complexity index is 1710. The van der Waals surface area contributed by atoms with Crippen LogP contribution in [0.25, 0.3) is 6.08 Å². The van der Waals surface area contributed by atoms with Crippen molar-refractivity contribution in [3.63, 3.8) is 0 Å². The number of carbonyl (C=O) groups excluding carboxylic acids is 4. The molecule has 0 amide bonds. The Hall–Kier alpha value is -3.22. The lowest BCUT2D eigenvalue weighted by atomic mass is 9.52. The predicted octanol–water partition coefficient (Wildman–Crippen LogP) is 1.97. The molecule has 0 spiro atoms. The lowest BCUT2D eigenvalue weighted by molar-refractivity contribution is -0.346. The Kier molecular flexibility index (Phi) is 13.6. The molecule has 15 nitrogen and oxygen atoms in total. The maximum Gasteiger partial charge on any atom is 0.331 e. The quantitative estimate of drug-likeness (QED) is 0.142. The highest BCUT2D eigenvalue weighted by atomic mass is 16.7. The van der Waals surface area contributed by atoms with E-state index in [1.165, 1.54) is 32.3 Å². The second-order valence-corrected chi connectivity index (χ2v) is 17.0. The van der Waals surface area contributed by atoms with E-state index in [4.69, 9.17) is 28.4 Å². The Morgan fingerprint density at radius 2 is 1.74 bits per heavy atom. The van der Waals surface area contributed by atoms with Crippen molar-refractivity contribution in [2.45, 2.75) is 146 Å². The van der Waals surface area contributed by atoms with Gasteiger partial charge in [0.25, 0.3) is 0 Å². The first-order chi connectivity index (χ1) is 27.4. The van der Waals surface area contributed by atoms with Crippen molar-refractivity contribution in [3.05, 3.63) is 54.1 Å². The molecular formula is C43H58O15. The fourth-order valence-electron chi connectivity index (χ4n) is 9.91. The van der Waals surface area contributed by atoms with Gasteiger partial charge in [0, 0.05) is 49.7 Å². The smallest absolute Gasteiger partial charge is 0.331 e. The second-order valence-electron chi connectivity index (χ2n) is 17.0. The lowest BCUT2D eigenvalue weighted by Crippen LogP contribution is -2.62. The van der Waals surface area contributed by atoms with Gasteiger partial charge in [-0.2, -0.15) is 0 Å². The Morgan fingerprint density at radius 3 is 2.41 bits per heavy atom. The molecule has 5 aliphatic rings. The number of methoxy groups -OCH3 is 1. The molecule has 2 heterocycles. The molecule has 1 aromatic rings. The number of Topliss-reactive ketones (excluding diaryl/α,β-unsaturated/α-hetero) is 2. The summed E-state index contributed by atoms with van der Waals surface area (Å²) >= 11 is 0. The summed E-state index contributed by atoms with van der Waals surface area (Å²) in [5.74, 6) is -3.00. The van der Waals surface area contributed by atoms with Crippen LogP contribution in [0.2, 0.25) is 0 Å². The minimum absolute atomic E-state index is 0.0843. The SMILES string of the molecule is CO[C@@H]1C[C@H](O[C@H]2CC[C@]3(C)[C@@H](C[C@@H](OC(=O)C=Cc4ccccc4)[C@@]4(C)C(=O)CC[C@@H]4C(C)=O)C(=O)C=C[C@@]3(O)C2)O[C@H](C)[C@H]1O[C@@H]1O[C@@H](CO)[C@H](O)[C@H](O)[C@H]1O. The standard InChI is InChI=1S/C43H58O15/c1-23(45)27-12-13-32(47)42(27,4)33(57-34(48)14-11-25-9-7-6-8-10-25)19-28-29(46)16-18-43(52)21-26(15-17-41(28,43)3)55-35-20-30(53-5)39(24(2)54-35)58-40-38(51)37(50)36(49)31(22-44)56-40/h6-11,14,16,18,24,26-28,30-31,33,35-40,44,49-52H,12-13,15,17,19-22H2,1-5H3/t24-,26+,27-,28+,30-,31+,33-,35+,36+,37+,38-,39-,40+,41-,42-,43-/m1/s1. The molecule has 4 fully saturated rings. The van der Waals surface area contributed by atoms with Gasteiger partial charge in [0.05, 0.1) is 35.9 Å². The molecule has 0 radical (unpaired) electrons. The Morgan fingerprint density at radius 1 is 1.02 bits per heavy atom. The van der Waals surface area contributed by atoms with Crippen molar-refractivity contribution < 1.29 is 73.1 Å². The maximum atomic E-state index is 13.9. The van der Waals surface area contributed by atoms with Gasteiger partial charge in [-0.1, -0.05) is 37.3 Å². The Labute approximate surface area is 338 Å². The van der Waals surface area contributed by atoms with E-state index in [-0.39, 0.29) is 43.0 Å². The number of aliphatic hydroxyl groups is 5. The summed E-state index contributed by atoms with van der Waals surface area (Å²) in [6.07, 6.45) is -4.80. The minimum Gasteiger partial charge on any atom is -0.458 e. The molecule has 0 aromatic heterocycles. The van der Waals surface area contributed by atoms with Gasteiger partial charge in [-0.15, -0.1) is 0 Å². The summed E-state index contributed by atoms with van der Waals surface area (Å²) in [6.45, 7) is 6.00. The van der Waals surface area contributed by atoms with Crippen LogP contribution in [0.4, 0.5) is 0 Å². The van der Waals surface area contributed by atoms with E-state index in [1.54, 1.807) is 19.9 Å². The van der Waals surface area contributed by atoms with Gasteiger partial charge in [-0.25, -0.2) is 4.79 Å². The molecule has 15 heteroatoms. The third-order valence-electron chi connectivity index (χ3n) is 13.6. The number of esters is 1. The van der Waals surface area contributed by atoms with Crippen LogP contribution in [-0.4, -0.2) is 136 Å². The number of benzene rings is 1. The number of ether oxygens (including phenoxy) is 6. The minimum atomic E-state index is -1.62. The largest absolute Gasteiger partial charge is 0.458 e. The van der Waals surface area contributed by atoms with Crippen LogP contribution in [0.3, 0.4) is 0 Å². The second kappa shape index (κ2) is 17.8. The van der Waals surface area contributed by atoms with Crippen LogP contribution in [0.15, 0.2) is 48.6 Å². The van der Waals surface area contributed by atoms with Gasteiger partial charge in [-0.3, -0.25) is 14.4 Å². The summed E-state index contributed by atoms with van der Waals surface area (Å²) < 4.78 is 36.0. The van der Waals surface area contributed by atoms with E-state index in [9.17, 15) is 44.7 Å². The van der Waals surface area contributed by atoms with Gasteiger partial charge >= 0.3 is 5.97 Å².